The first-order valence-corrected chi connectivity index (χ1v) is 7.37. The van der Waals surface area contributed by atoms with Crippen LogP contribution in [0.25, 0.3) is 17.0 Å². The molecule has 0 bridgehead atoms. The van der Waals surface area contributed by atoms with Crippen LogP contribution in [0.5, 0.6) is 0 Å². The summed E-state index contributed by atoms with van der Waals surface area (Å²) in [6, 6.07) is 6.40. The van der Waals surface area contributed by atoms with Crippen molar-refractivity contribution < 1.29 is 18.7 Å². The second-order valence-electron chi connectivity index (χ2n) is 5.20. The van der Waals surface area contributed by atoms with Gasteiger partial charge in [-0.25, -0.2) is 4.79 Å². The molecule has 5 nitrogen and oxygen atoms in total. The Hall–Kier alpha value is -2.69. The number of ether oxygens (including phenoxy) is 1. The Bertz CT molecular complexity index is 842. The van der Waals surface area contributed by atoms with Gasteiger partial charge in [0.1, 0.15) is 16.9 Å². The largest absolute Gasteiger partial charge is 0.462 e. The van der Waals surface area contributed by atoms with Gasteiger partial charge >= 0.3 is 5.97 Å². The third kappa shape index (κ3) is 3.74. The van der Waals surface area contributed by atoms with Gasteiger partial charge in [-0.1, -0.05) is 19.1 Å². The molecule has 0 aliphatic rings. The van der Waals surface area contributed by atoms with Gasteiger partial charge in [-0.15, -0.1) is 0 Å². The molecule has 1 aromatic heterocycles. The molecule has 0 atom stereocenters. The summed E-state index contributed by atoms with van der Waals surface area (Å²) in [5.74, 6) is -0.620. The van der Waals surface area contributed by atoms with Gasteiger partial charge < -0.3 is 9.15 Å². The molecule has 120 valence electrons. The Morgan fingerprint density at radius 3 is 2.70 bits per heavy atom. The van der Waals surface area contributed by atoms with E-state index < -0.39 is 11.8 Å². The van der Waals surface area contributed by atoms with Crippen LogP contribution >= 0.6 is 0 Å². The van der Waals surface area contributed by atoms with Gasteiger partial charge in [0, 0.05) is 11.6 Å². The highest BCUT2D eigenvalue weighted by Crippen LogP contribution is 2.20. The van der Waals surface area contributed by atoms with E-state index in [-0.39, 0.29) is 17.6 Å². The molecule has 0 spiro atoms. The molecule has 5 heteroatoms. The maximum Gasteiger partial charge on any atom is 0.341 e. The molecule has 23 heavy (non-hydrogen) atoms. The Balaban J connectivity index is 2.59. The van der Waals surface area contributed by atoms with Gasteiger partial charge in [-0.05, 0) is 32.4 Å². The molecule has 0 saturated heterocycles. The number of carbonyl (C=O) groups excluding carboxylic acids is 2. The van der Waals surface area contributed by atoms with E-state index in [1.165, 1.54) is 19.1 Å². The van der Waals surface area contributed by atoms with Crippen LogP contribution in [-0.4, -0.2) is 18.4 Å². The molecule has 2 aromatic rings. The second-order valence-corrected chi connectivity index (χ2v) is 5.20. The first-order valence-electron chi connectivity index (χ1n) is 7.37. The molecule has 0 aliphatic heterocycles. The SMILES string of the molecule is CCCOC(=O)/C(=C\c1cccc2c(=O)cc(C)oc12)C(C)=O. The fourth-order valence-electron chi connectivity index (χ4n) is 2.16. The molecule has 1 aromatic carbocycles. The highest BCUT2D eigenvalue weighted by Gasteiger charge is 2.17. The van der Waals surface area contributed by atoms with E-state index in [9.17, 15) is 14.4 Å². The van der Waals surface area contributed by atoms with E-state index in [0.717, 1.165) is 0 Å². The van der Waals surface area contributed by atoms with Gasteiger partial charge in [0.2, 0.25) is 0 Å². The zero-order chi connectivity index (χ0) is 17.0. The minimum atomic E-state index is -0.675. The molecule has 0 saturated carbocycles. The molecule has 0 N–H and O–H groups in total. The molecular formula is C18H18O5. The van der Waals surface area contributed by atoms with Crippen LogP contribution in [0.1, 0.15) is 31.6 Å². The minimum absolute atomic E-state index is 0.0740. The molecule has 0 amide bonds. The van der Waals surface area contributed by atoms with Gasteiger partial charge in [-0.2, -0.15) is 0 Å². The highest BCUT2D eigenvalue weighted by molar-refractivity contribution is 6.20. The summed E-state index contributed by atoms with van der Waals surface area (Å²) in [5, 5.41) is 0.397. The summed E-state index contributed by atoms with van der Waals surface area (Å²) in [4.78, 5) is 35.8. The average Bonchev–Trinajstić information content (AvgIpc) is 2.50. The van der Waals surface area contributed by atoms with E-state index in [2.05, 4.69) is 0 Å². The first kappa shape index (κ1) is 16.7. The van der Waals surface area contributed by atoms with Crippen molar-refractivity contribution in [3.05, 3.63) is 51.4 Å². The van der Waals surface area contributed by atoms with Gasteiger partial charge in [0.15, 0.2) is 11.2 Å². The number of hydrogen-bond acceptors (Lipinski definition) is 5. The lowest BCUT2D eigenvalue weighted by molar-refractivity contribution is -0.140. The summed E-state index contributed by atoms with van der Waals surface area (Å²) < 4.78 is 10.6. The summed E-state index contributed by atoms with van der Waals surface area (Å²) in [6.07, 6.45) is 2.07. The van der Waals surface area contributed by atoms with E-state index in [4.69, 9.17) is 9.15 Å². The summed E-state index contributed by atoms with van der Waals surface area (Å²) >= 11 is 0. The number of Topliss-reactive ketones (excluding diaryl/α,β-unsaturated/α-hetero) is 1. The standard InChI is InChI=1S/C18H18O5/c1-4-8-22-18(21)15(12(3)19)10-13-6-5-7-14-16(20)9-11(2)23-17(13)14/h5-7,9-10H,4,8H2,1-3H3/b15-10-. The first-order chi connectivity index (χ1) is 10.9. The molecular weight excluding hydrogens is 296 g/mol. The van der Waals surface area contributed by atoms with E-state index >= 15 is 0 Å². The van der Waals surface area contributed by atoms with Crippen LogP contribution in [-0.2, 0) is 14.3 Å². The van der Waals surface area contributed by atoms with Crippen molar-refractivity contribution in [2.24, 2.45) is 0 Å². The predicted molar refractivity (Wildman–Crippen MR) is 87.1 cm³/mol. The Morgan fingerprint density at radius 1 is 1.30 bits per heavy atom. The Kier molecular flexibility index (Phi) is 5.11. The third-order valence-corrected chi connectivity index (χ3v) is 3.24. The number of fused-ring (bicyclic) bond motifs is 1. The second kappa shape index (κ2) is 7.05. The monoisotopic (exact) mass is 314 g/mol. The van der Waals surface area contributed by atoms with Crippen LogP contribution in [0.2, 0.25) is 0 Å². The zero-order valence-electron chi connectivity index (χ0n) is 13.3. The summed E-state index contributed by atoms with van der Waals surface area (Å²) in [5.41, 5.74) is 0.591. The van der Waals surface area contributed by atoms with Gasteiger partial charge in [0.05, 0.1) is 12.0 Å². The zero-order valence-corrected chi connectivity index (χ0v) is 13.3. The van der Waals surface area contributed by atoms with Crippen LogP contribution in [0, 0.1) is 6.92 Å². The van der Waals surface area contributed by atoms with Gasteiger partial charge in [0.25, 0.3) is 0 Å². The average molecular weight is 314 g/mol. The summed E-state index contributed by atoms with van der Waals surface area (Å²) in [6.45, 7) is 5.08. The molecule has 0 radical (unpaired) electrons. The normalized spacial score (nSPS) is 11.5. The number of ketones is 1. The lowest BCUT2D eigenvalue weighted by Crippen LogP contribution is -2.14. The number of benzene rings is 1. The van der Waals surface area contributed by atoms with Crippen molar-refractivity contribution in [1.29, 1.82) is 0 Å². The van der Waals surface area contributed by atoms with Crippen molar-refractivity contribution in [2.45, 2.75) is 27.2 Å². The fraction of sp³-hybridized carbons (Fsp3) is 0.278. The molecule has 0 aliphatic carbocycles. The van der Waals surface area contributed by atoms with Crippen LogP contribution in [0.3, 0.4) is 0 Å². The van der Waals surface area contributed by atoms with Crippen LogP contribution < -0.4 is 5.43 Å². The number of rotatable bonds is 5. The van der Waals surface area contributed by atoms with Crippen molar-refractivity contribution in [1.82, 2.24) is 0 Å². The minimum Gasteiger partial charge on any atom is -0.462 e. The van der Waals surface area contributed by atoms with Crippen LogP contribution in [0.4, 0.5) is 0 Å². The number of hydrogen-bond donors (Lipinski definition) is 0. The maximum absolute atomic E-state index is 12.0. The maximum atomic E-state index is 12.0. The number of esters is 1. The van der Waals surface area contributed by atoms with E-state index in [1.54, 1.807) is 25.1 Å². The van der Waals surface area contributed by atoms with Crippen molar-refractivity contribution in [3.63, 3.8) is 0 Å². The predicted octanol–water partition coefficient (Wildman–Crippen LogP) is 3.03. The molecule has 0 unspecified atom stereocenters. The summed E-state index contributed by atoms with van der Waals surface area (Å²) in [7, 11) is 0. The van der Waals surface area contributed by atoms with Crippen LogP contribution in [0.15, 0.2) is 39.1 Å². The van der Waals surface area contributed by atoms with Gasteiger partial charge in [-0.3, -0.25) is 9.59 Å². The molecule has 0 fully saturated rings. The van der Waals surface area contributed by atoms with E-state index in [0.29, 0.717) is 28.7 Å². The Morgan fingerprint density at radius 2 is 2.04 bits per heavy atom. The molecule has 2 rings (SSSR count). The lowest BCUT2D eigenvalue weighted by atomic mass is 10.1. The molecule has 1 heterocycles. The number of para-hydroxylation sites is 1. The fourth-order valence-corrected chi connectivity index (χ4v) is 2.16. The van der Waals surface area contributed by atoms with E-state index in [1.807, 2.05) is 6.92 Å². The number of aryl methyl sites for hydroxylation is 1. The smallest absolute Gasteiger partial charge is 0.341 e. The van der Waals surface area contributed by atoms with Crippen molar-refractivity contribution in [3.8, 4) is 0 Å². The third-order valence-electron chi connectivity index (χ3n) is 3.24. The Labute approximate surface area is 133 Å². The highest BCUT2D eigenvalue weighted by atomic mass is 16.5. The van der Waals surface area contributed by atoms with Crippen molar-refractivity contribution in [2.75, 3.05) is 6.61 Å². The van der Waals surface area contributed by atoms with Crippen molar-refractivity contribution >= 4 is 28.8 Å². The lowest BCUT2D eigenvalue weighted by Gasteiger charge is -2.06. The quantitative estimate of drug-likeness (QED) is 0.367. The topological polar surface area (TPSA) is 73.6 Å². The number of carbonyl (C=O) groups is 2.